The van der Waals surface area contributed by atoms with Gasteiger partial charge in [0.1, 0.15) is 0 Å². The van der Waals surface area contributed by atoms with Gasteiger partial charge in [-0.15, -0.1) is 6.58 Å². The van der Waals surface area contributed by atoms with Crippen molar-refractivity contribution in [2.75, 3.05) is 0 Å². The maximum atomic E-state index is 10.5. The molecule has 0 aromatic carbocycles. The second-order valence-electron chi connectivity index (χ2n) is 9.67. The molecule has 0 spiro atoms. The molecule has 2 nitrogen and oxygen atoms in total. The van der Waals surface area contributed by atoms with Crippen molar-refractivity contribution in [2.24, 2.45) is 22.7 Å². The van der Waals surface area contributed by atoms with Crippen LogP contribution in [0, 0.1) is 22.7 Å². The lowest BCUT2D eigenvalue weighted by Crippen LogP contribution is -2.63. The minimum atomic E-state index is -0.183. The summed E-state index contributed by atoms with van der Waals surface area (Å²) in [7, 11) is 0. The van der Waals surface area contributed by atoms with Crippen molar-refractivity contribution < 1.29 is 9.84 Å². The fraction of sp³-hybridized carbons (Fsp3) is 0.900. The van der Waals surface area contributed by atoms with Gasteiger partial charge in [0.05, 0.1) is 17.3 Å². The van der Waals surface area contributed by atoms with E-state index in [0.29, 0.717) is 11.8 Å². The summed E-state index contributed by atoms with van der Waals surface area (Å²) in [6, 6.07) is 0. The minimum absolute atomic E-state index is 0.0699. The van der Waals surface area contributed by atoms with E-state index in [4.69, 9.17) is 4.74 Å². The van der Waals surface area contributed by atoms with Gasteiger partial charge in [-0.3, -0.25) is 0 Å². The van der Waals surface area contributed by atoms with Crippen LogP contribution in [0.3, 0.4) is 0 Å². The van der Waals surface area contributed by atoms with Crippen LogP contribution in [0.4, 0.5) is 0 Å². The Morgan fingerprint density at radius 3 is 2.27 bits per heavy atom. The van der Waals surface area contributed by atoms with Crippen LogP contribution < -0.4 is 0 Å². The molecule has 0 aromatic rings. The Morgan fingerprint density at radius 2 is 1.64 bits per heavy atom. The van der Waals surface area contributed by atoms with Gasteiger partial charge in [0.15, 0.2) is 0 Å². The lowest BCUT2D eigenvalue weighted by atomic mass is 9.44. The molecule has 1 N–H and O–H groups in total. The molecule has 1 aliphatic heterocycles. The molecule has 0 amide bonds. The van der Waals surface area contributed by atoms with E-state index >= 15 is 0 Å². The summed E-state index contributed by atoms with van der Waals surface area (Å²) >= 11 is 0. The zero-order valence-electron chi connectivity index (χ0n) is 15.1. The molecule has 126 valence electrons. The monoisotopic (exact) mass is 306 g/mol. The van der Waals surface area contributed by atoms with Gasteiger partial charge in [-0.1, -0.05) is 26.8 Å². The van der Waals surface area contributed by atoms with Crippen LogP contribution in [0.5, 0.6) is 0 Å². The van der Waals surface area contributed by atoms with Crippen molar-refractivity contribution in [2.45, 2.75) is 90.4 Å². The molecule has 3 fully saturated rings. The predicted molar refractivity (Wildman–Crippen MR) is 90.7 cm³/mol. The quantitative estimate of drug-likeness (QED) is 0.711. The van der Waals surface area contributed by atoms with Gasteiger partial charge in [-0.05, 0) is 75.0 Å². The predicted octanol–water partition coefficient (Wildman–Crippen LogP) is 4.71. The van der Waals surface area contributed by atoms with Crippen LogP contribution in [0.1, 0.15) is 73.1 Å². The number of hydrogen-bond donors (Lipinski definition) is 1. The van der Waals surface area contributed by atoms with E-state index in [9.17, 15) is 5.11 Å². The van der Waals surface area contributed by atoms with Crippen molar-refractivity contribution in [1.82, 2.24) is 0 Å². The zero-order valence-corrected chi connectivity index (χ0v) is 15.1. The van der Waals surface area contributed by atoms with Crippen molar-refractivity contribution in [1.29, 1.82) is 0 Å². The molecule has 2 heteroatoms. The van der Waals surface area contributed by atoms with Gasteiger partial charge in [0.25, 0.3) is 0 Å². The fourth-order valence-electron chi connectivity index (χ4n) is 6.69. The van der Waals surface area contributed by atoms with Gasteiger partial charge in [-0.2, -0.15) is 0 Å². The van der Waals surface area contributed by atoms with E-state index in [1.165, 1.54) is 12.8 Å². The number of rotatable bonds is 1. The first-order chi connectivity index (χ1) is 10.0. The highest BCUT2D eigenvalue weighted by atomic mass is 16.5. The molecule has 0 aromatic heterocycles. The van der Waals surface area contributed by atoms with Crippen molar-refractivity contribution in [3.05, 3.63) is 12.7 Å². The van der Waals surface area contributed by atoms with E-state index in [0.717, 1.165) is 25.7 Å². The first kappa shape index (κ1) is 16.5. The summed E-state index contributed by atoms with van der Waals surface area (Å²) in [5, 5.41) is 10.5. The molecule has 6 atom stereocenters. The average Bonchev–Trinajstić information content (AvgIpc) is 2.35. The van der Waals surface area contributed by atoms with Gasteiger partial charge < -0.3 is 9.84 Å². The van der Waals surface area contributed by atoms with Crippen molar-refractivity contribution >= 4 is 0 Å². The Morgan fingerprint density at radius 1 is 1.00 bits per heavy atom. The van der Waals surface area contributed by atoms with Crippen LogP contribution in [0.2, 0.25) is 0 Å². The Hall–Kier alpha value is -0.340. The maximum Gasteiger partial charge on any atom is 0.0839 e. The second-order valence-corrected chi connectivity index (χ2v) is 9.67. The van der Waals surface area contributed by atoms with E-state index in [2.05, 4.69) is 41.2 Å². The number of ether oxygens (including phenoxy) is 1. The maximum absolute atomic E-state index is 10.5. The van der Waals surface area contributed by atoms with Crippen LogP contribution in [0.15, 0.2) is 12.7 Å². The highest BCUT2D eigenvalue weighted by Gasteiger charge is 2.62. The van der Waals surface area contributed by atoms with Gasteiger partial charge in [0.2, 0.25) is 0 Å². The third-order valence-electron chi connectivity index (χ3n) is 7.47. The molecule has 2 aliphatic carbocycles. The standard InChI is InChI=1S/C20H34O2/c1-7-18(4)10-8-16-19(5)13-14(21)12-17(2,3)15(19)9-11-20(16,6)22-18/h7,14-16,21H,1,8-13H2,2-6H3/t14-,15-,16+,18-,19-,20+/m0/s1. The van der Waals surface area contributed by atoms with Crippen LogP contribution in [0.25, 0.3) is 0 Å². The summed E-state index contributed by atoms with van der Waals surface area (Å²) in [6.07, 6.45) is 8.31. The summed E-state index contributed by atoms with van der Waals surface area (Å²) in [5.41, 5.74) is 0.167. The number of fused-ring (bicyclic) bond motifs is 3. The van der Waals surface area contributed by atoms with E-state index in [1.807, 2.05) is 6.08 Å². The van der Waals surface area contributed by atoms with E-state index in [-0.39, 0.29) is 28.1 Å². The van der Waals surface area contributed by atoms with Crippen LogP contribution in [-0.4, -0.2) is 22.4 Å². The zero-order chi connectivity index (χ0) is 16.4. The molecular formula is C20H34O2. The third kappa shape index (κ3) is 2.29. The fourth-order valence-corrected chi connectivity index (χ4v) is 6.69. The molecular weight excluding hydrogens is 272 g/mol. The van der Waals surface area contributed by atoms with Gasteiger partial charge >= 0.3 is 0 Å². The SMILES string of the molecule is C=C[C@@]1(C)CC[C@@H]2[C@@]3(C)C[C@@H](O)CC(C)(C)[C@@H]3CC[C@@]2(C)O1. The molecule has 1 saturated heterocycles. The smallest absolute Gasteiger partial charge is 0.0839 e. The average molecular weight is 306 g/mol. The topological polar surface area (TPSA) is 29.5 Å². The van der Waals surface area contributed by atoms with Gasteiger partial charge in [-0.25, -0.2) is 0 Å². The van der Waals surface area contributed by atoms with Gasteiger partial charge in [0, 0.05) is 0 Å². The number of hydrogen-bond acceptors (Lipinski definition) is 2. The largest absolute Gasteiger partial charge is 0.393 e. The summed E-state index contributed by atoms with van der Waals surface area (Å²) in [4.78, 5) is 0. The van der Waals surface area contributed by atoms with E-state index in [1.54, 1.807) is 0 Å². The van der Waals surface area contributed by atoms with Crippen molar-refractivity contribution in [3.8, 4) is 0 Å². The molecule has 0 bridgehead atoms. The van der Waals surface area contributed by atoms with E-state index < -0.39 is 0 Å². The molecule has 3 aliphatic rings. The minimum Gasteiger partial charge on any atom is -0.393 e. The Bertz CT molecular complexity index is 470. The Kier molecular flexibility index (Phi) is 3.63. The Balaban J connectivity index is 1.97. The number of aliphatic hydroxyl groups is 1. The summed E-state index contributed by atoms with van der Waals surface area (Å²) in [6.45, 7) is 15.6. The molecule has 2 saturated carbocycles. The number of aliphatic hydroxyl groups excluding tert-OH is 1. The third-order valence-corrected chi connectivity index (χ3v) is 7.47. The first-order valence-corrected chi connectivity index (χ1v) is 9.07. The molecule has 0 radical (unpaired) electrons. The van der Waals surface area contributed by atoms with Crippen LogP contribution in [-0.2, 0) is 4.74 Å². The first-order valence-electron chi connectivity index (χ1n) is 9.07. The summed E-state index contributed by atoms with van der Waals surface area (Å²) < 4.78 is 6.63. The van der Waals surface area contributed by atoms with Crippen molar-refractivity contribution in [3.63, 3.8) is 0 Å². The van der Waals surface area contributed by atoms with Crippen LogP contribution >= 0.6 is 0 Å². The lowest BCUT2D eigenvalue weighted by molar-refractivity contribution is -0.260. The lowest BCUT2D eigenvalue weighted by Gasteiger charge is -2.65. The highest BCUT2D eigenvalue weighted by molar-refractivity contribution is 5.13. The molecule has 22 heavy (non-hydrogen) atoms. The molecule has 0 unspecified atom stereocenters. The Labute approximate surface area is 136 Å². The molecule has 1 heterocycles. The normalized spacial score (nSPS) is 54.2. The summed E-state index contributed by atoms with van der Waals surface area (Å²) in [5.74, 6) is 1.24. The second kappa shape index (κ2) is 4.83. The highest BCUT2D eigenvalue weighted by Crippen LogP contribution is 2.65. The molecule has 3 rings (SSSR count).